The molecule has 0 radical (unpaired) electrons. The van der Waals surface area contributed by atoms with Crippen LogP contribution in [0.3, 0.4) is 0 Å². The summed E-state index contributed by atoms with van der Waals surface area (Å²) in [5.41, 5.74) is 1.54. The summed E-state index contributed by atoms with van der Waals surface area (Å²) in [4.78, 5) is 30.6. The number of hydrogen-bond donors (Lipinski definition) is 1. The first-order chi connectivity index (χ1) is 18.4. The molecule has 39 heavy (non-hydrogen) atoms. The van der Waals surface area contributed by atoms with Crippen molar-refractivity contribution in [2.75, 3.05) is 31.6 Å². The molecular formula is C31H36FN3O4. The normalized spacial score (nSPS) is 18.1. The van der Waals surface area contributed by atoms with Crippen molar-refractivity contribution in [2.45, 2.75) is 39.8 Å². The molecule has 0 saturated carbocycles. The smallest absolute Gasteiger partial charge is 0.407 e. The van der Waals surface area contributed by atoms with Gasteiger partial charge >= 0.3 is 6.09 Å². The predicted octanol–water partition coefficient (Wildman–Crippen LogP) is 6.50. The Morgan fingerprint density at radius 2 is 1.64 bits per heavy atom. The van der Waals surface area contributed by atoms with Crippen LogP contribution in [0.4, 0.5) is 14.9 Å². The van der Waals surface area contributed by atoms with Gasteiger partial charge in [-0.2, -0.15) is 0 Å². The van der Waals surface area contributed by atoms with Crippen LogP contribution in [0.5, 0.6) is 11.5 Å². The number of amides is 2. The van der Waals surface area contributed by atoms with Crippen LogP contribution in [-0.4, -0.2) is 59.1 Å². The van der Waals surface area contributed by atoms with E-state index in [1.807, 2.05) is 31.2 Å². The average molecular weight is 534 g/mol. The monoisotopic (exact) mass is 533 g/mol. The van der Waals surface area contributed by atoms with Gasteiger partial charge in [-0.05, 0) is 60.4 Å². The second kappa shape index (κ2) is 11.1. The molecule has 1 fully saturated rings. The quantitative estimate of drug-likeness (QED) is 0.392. The lowest BCUT2D eigenvalue weighted by molar-refractivity contribution is -0.0462. The fraction of sp³-hybridized carbons (Fsp3) is 0.355. The van der Waals surface area contributed by atoms with Crippen molar-refractivity contribution >= 4 is 17.7 Å². The van der Waals surface area contributed by atoms with E-state index < -0.39 is 17.4 Å². The molecule has 3 aromatic carbocycles. The standard InChI is InChI=1S/C31H36FN3O4/c1-30(2,3)31(4)21-34(16-17-35(31)29(37)38)20-22-12-14-25(15-13-22)33(5)28(36)23-8-6-10-26(18-23)39-27-11-7-9-24(32)19-27/h6-15,18-19H,16-17,20-21H2,1-5H3,(H,37,38)/t31-/m1/s1. The summed E-state index contributed by atoms with van der Waals surface area (Å²) < 4.78 is 19.2. The van der Waals surface area contributed by atoms with Crippen LogP contribution in [0.1, 0.15) is 43.6 Å². The lowest BCUT2D eigenvalue weighted by Crippen LogP contribution is -2.67. The number of anilines is 1. The number of carbonyl (C=O) groups excluding carboxylic acids is 1. The number of hydrogen-bond acceptors (Lipinski definition) is 4. The van der Waals surface area contributed by atoms with E-state index in [-0.39, 0.29) is 11.3 Å². The number of nitrogens with zero attached hydrogens (tertiary/aromatic N) is 3. The third-order valence-corrected chi connectivity index (χ3v) is 7.76. The minimum absolute atomic E-state index is 0.196. The average Bonchev–Trinajstić information content (AvgIpc) is 2.88. The van der Waals surface area contributed by atoms with Crippen molar-refractivity contribution in [3.63, 3.8) is 0 Å². The minimum Gasteiger partial charge on any atom is -0.465 e. The molecule has 0 aromatic heterocycles. The van der Waals surface area contributed by atoms with E-state index in [9.17, 15) is 19.1 Å². The topological polar surface area (TPSA) is 73.3 Å². The highest BCUT2D eigenvalue weighted by Gasteiger charge is 2.48. The molecule has 1 heterocycles. The van der Waals surface area contributed by atoms with Gasteiger partial charge in [0, 0.05) is 50.5 Å². The molecule has 0 aliphatic carbocycles. The first kappa shape index (κ1) is 28.1. The highest BCUT2D eigenvalue weighted by molar-refractivity contribution is 6.05. The van der Waals surface area contributed by atoms with Gasteiger partial charge in [-0.3, -0.25) is 14.6 Å². The largest absolute Gasteiger partial charge is 0.465 e. The van der Waals surface area contributed by atoms with Gasteiger partial charge < -0.3 is 14.7 Å². The summed E-state index contributed by atoms with van der Waals surface area (Å²) in [6.45, 7) is 10.7. The van der Waals surface area contributed by atoms with Gasteiger partial charge in [-0.25, -0.2) is 9.18 Å². The first-order valence-electron chi connectivity index (χ1n) is 13.0. The third-order valence-electron chi connectivity index (χ3n) is 7.76. The van der Waals surface area contributed by atoms with Gasteiger partial charge in [0.2, 0.25) is 0 Å². The maximum Gasteiger partial charge on any atom is 0.407 e. The SMILES string of the molecule is CN(C(=O)c1cccc(Oc2cccc(F)c2)c1)c1ccc(CN2CCN(C(=O)O)[C@@](C)(C(C)(C)C)C2)cc1. The van der Waals surface area contributed by atoms with E-state index >= 15 is 0 Å². The van der Waals surface area contributed by atoms with Crippen LogP contribution in [-0.2, 0) is 6.54 Å². The highest BCUT2D eigenvalue weighted by atomic mass is 19.1. The van der Waals surface area contributed by atoms with Crippen molar-refractivity contribution in [3.05, 3.63) is 89.7 Å². The number of benzene rings is 3. The van der Waals surface area contributed by atoms with Crippen LogP contribution < -0.4 is 9.64 Å². The van der Waals surface area contributed by atoms with Crippen molar-refractivity contribution in [1.29, 1.82) is 0 Å². The first-order valence-corrected chi connectivity index (χ1v) is 13.0. The van der Waals surface area contributed by atoms with E-state index in [0.29, 0.717) is 43.2 Å². The summed E-state index contributed by atoms with van der Waals surface area (Å²) in [6, 6.07) is 20.5. The van der Waals surface area contributed by atoms with Crippen molar-refractivity contribution in [2.24, 2.45) is 5.41 Å². The summed E-state index contributed by atoms with van der Waals surface area (Å²) in [5.74, 6) is 0.211. The second-order valence-electron chi connectivity index (χ2n) is 11.3. The summed E-state index contributed by atoms with van der Waals surface area (Å²) >= 11 is 0. The van der Waals surface area contributed by atoms with Crippen molar-refractivity contribution < 1.29 is 23.8 Å². The van der Waals surface area contributed by atoms with Crippen LogP contribution >= 0.6 is 0 Å². The van der Waals surface area contributed by atoms with Crippen molar-refractivity contribution in [3.8, 4) is 11.5 Å². The molecule has 1 aliphatic rings. The van der Waals surface area contributed by atoms with E-state index in [0.717, 1.165) is 11.3 Å². The molecule has 0 bridgehead atoms. The van der Waals surface area contributed by atoms with Crippen LogP contribution in [0, 0.1) is 11.2 Å². The molecule has 2 amide bonds. The van der Waals surface area contributed by atoms with Gasteiger partial charge in [0.05, 0.1) is 5.54 Å². The molecule has 8 heteroatoms. The Kier molecular flexibility index (Phi) is 7.97. The maximum absolute atomic E-state index is 13.5. The minimum atomic E-state index is -0.879. The molecule has 1 aliphatic heterocycles. The number of rotatable bonds is 6. The van der Waals surface area contributed by atoms with Crippen molar-refractivity contribution in [1.82, 2.24) is 9.80 Å². The lowest BCUT2D eigenvalue weighted by Gasteiger charge is -2.54. The van der Waals surface area contributed by atoms with Gasteiger partial charge in [0.25, 0.3) is 5.91 Å². The molecule has 3 aromatic rings. The van der Waals surface area contributed by atoms with Crippen LogP contribution in [0.15, 0.2) is 72.8 Å². The van der Waals surface area contributed by atoms with Crippen LogP contribution in [0.25, 0.3) is 0 Å². The van der Waals surface area contributed by atoms with Gasteiger partial charge in [-0.15, -0.1) is 0 Å². The highest BCUT2D eigenvalue weighted by Crippen LogP contribution is 2.38. The molecule has 1 atom stereocenters. The zero-order valence-electron chi connectivity index (χ0n) is 23.1. The molecule has 1 N–H and O–H groups in total. The zero-order chi connectivity index (χ0) is 28.4. The molecule has 1 saturated heterocycles. The number of carbonyl (C=O) groups is 2. The second-order valence-corrected chi connectivity index (χ2v) is 11.3. The van der Waals surface area contributed by atoms with Gasteiger partial charge in [-0.1, -0.05) is 45.0 Å². The molecule has 7 nitrogen and oxygen atoms in total. The Balaban J connectivity index is 1.42. The number of ether oxygens (including phenoxy) is 1. The van der Waals surface area contributed by atoms with E-state index in [1.165, 1.54) is 12.1 Å². The Morgan fingerprint density at radius 3 is 2.26 bits per heavy atom. The molecule has 206 valence electrons. The third kappa shape index (κ3) is 6.23. The predicted molar refractivity (Wildman–Crippen MR) is 150 cm³/mol. The fourth-order valence-corrected chi connectivity index (χ4v) is 4.93. The van der Waals surface area contributed by atoms with Crippen LogP contribution in [0.2, 0.25) is 0 Å². The molecule has 0 spiro atoms. The Morgan fingerprint density at radius 1 is 1.00 bits per heavy atom. The number of halogens is 1. The van der Waals surface area contributed by atoms with E-state index in [2.05, 4.69) is 25.7 Å². The Hall–Kier alpha value is -3.91. The van der Waals surface area contributed by atoms with Gasteiger partial charge in [0.15, 0.2) is 0 Å². The summed E-state index contributed by atoms with van der Waals surface area (Å²) in [6.07, 6.45) is -0.879. The number of carboxylic acid groups (broad SMARTS) is 1. The molecular weight excluding hydrogens is 497 g/mol. The Labute approximate surface area is 229 Å². The molecule has 0 unspecified atom stereocenters. The summed E-state index contributed by atoms with van der Waals surface area (Å²) in [7, 11) is 1.72. The fourth-order valence-electron chi connectivity index (χ4n) is 4.93. The van der Waals surface area contributed by atoms with E-state index in [1.54, 1.807) is 53.2 Å². The Bertz CT molecular complexity index is 1340. The number of piperazine rings is 1. The van der Waals surface area contributed by atoms with E-state index in [4.69, 9.17) is 4.74 Å². The summed E-state index contributed by atoms with van der Waals surface area (Å²) in [5, 5.41) is 9.77. The lowest BCUT2D eigenvalue weighted by atomic mass is 9.72. The van der Waals surface area contributed by atoms with Gasteiger partial charge in [0.1, 0.15) is 17.3 Å². The molecule has 4 rings (SSSR count). The maximum atomic E-state index is 13.5. The zero-order valence-corrected chi connectivity index (χ0v) is 23.1.